The topological polar surface area (TPSA) is 44.1 Å². The molecule has 1 atom stereocenters. The van der Waals surface area contributed by atoms with Crippen molar-refractivity contribution >= 4 is 7.37 Å². The fourth-order valence-corrected chi connectivity index (χ4v) is 8.00. The third-order valence-corrected chi connectivity index (χ3v) is 10.6. The standard InChI is InChI=1S/C30H43N2O2P/c1-21(2)24-17-14-18-25(22(3)4)26(24)32-20-19-31-28(32)27(23-15-12-11-13-16-23)34-35(33,29(5,6)7)30(8,9)10/h11-22,27H,1-10H3. The van der Waals surface area contributed by atoms with Crippen molar-refractivity contribution in [2.24, 2.45) is 0 Å². The second-order valence-electron chi connectivity index (χ2n) is 12.0. The molecule has 0 aliphatic rings. The molecule has 0 saturated carbocycles. The number of nitrogens with zero attached hydrogens (tertiary/aromatic N) is 2. The van der Waals surface area contributed by atoms with Gasteiger partial charge in [-0.2, -0.15) is 0 Å². The number of imidazole rings is 1. The monoisotopic (exact) mass is 494 g/mol. The fraction of sp³-hybridized carbons (Fsp3) is 0.500. The Kier molecular flexibility index (Phi) is 7.89. The van der Waals surface area contributed by atoms with Crippen LogP contribution < -0.4 is 0 Å². The van der Waals surface area contributed by atoms with Gasteiger partial charge >= 0.3 is 0 Å². The van der Waals surface area contributed by atoms with E-state index < -0.39 is 23.8 Å². The van der Waals surface area contributed by atoms with E-state index in [1.165, 1.54) is 11.1 Å². The van der Waals surface area contributed by atoms with E-state index in [-0.39, 0.29) is 0 Å². The minimum atomic E-state index is -3.18. The molecule has 0 saturated heterocycles. The summed E-state index contributed by atoms with van der Waals surface area (Å²) in [5.41, 5.74) is 4.62. The molecule has 0 aliphatic heterocycles. The number of para-hydroxylation sites is 1. The van der Waals surface area contributed by atoms with Gasteiger partial charge in [0.2, 0.25) is 7.37 Å². The molecule has 1 unspecified atom stereocenters. The number of hydrogen-bond donors (Lipinski definition) is 0. The molecule has 0 radical (unpaired) electrons. The predicted molar refractivity (Wildman–Crippen MR) is 148 cm³/mol. The Hall–Kier alpha value is -2.16. The molecule has 0 fully saturated rings. The lowest BCUT2D eigenvalue weighted by molar-refractivity contribution is 0.215. The van der Waals surface area contributed by atoms with Crippen LogP contribution in [0.4, 0.5) is 0 Å². The Morgan fingerprint density at radius 3 is 1.77 bits per heavy atom. The van der Waals surface area contributed by atoms with E-state index in [0.717, 1.165) is 17.1 Å². The highest BCUT2D eigenvalue weighted by molar-refractivity contribution is 7.62. The summed E-state index contributed by atoms with van der Waals surface area (Å²) in [5.74, 6) is 1.43. The second kappa shape index (κ2) is 10.1. The highest BCUT2D eigenvalue weighted by atomic mass is 31.2. The van der Waals surface area contributed by atoms with Crippen molar-refractivity contribution in [2.45, 2.75) is 97.5 Å². The van der Waals surface area contributed by atoms with Crippen LogP contribution in [-0.4, -0.2) is 19.9 Å². The number of hydrogen-bond acceptors (Lipinski definition) is 3. The van der Waals surface area contributed by atoms with E-state index in [1.54, 1.807) is 0 Å². The maximum Gasteiger partial charge on any atom is 0.214 e. The molecule has 0 bridgehead atoms. The Balaban J connectivity index is 2.31. The normalized spacial score (nSPS) is 14.1. The first kappa shape index (κ1) is 27.4. The molecule has 5 heteroatoms. The molecule has 35 heavy (non-hydrogen) atoms. The summed E-state index contributed by atoms with van der Waals surface area (Å²) in [5, 5.41) is -1.07. The maximum absolute atomic E-state index is 14.7. The minimum Gasteiger partial charge on any atom is -0.311 e. The molecular formula is C30H43N2O2P. The molecule has 190 valence electrons. The summed E-state index contributed by atoms with van der Waals surface area (Å²) in [6.45, 7) is 21.0. The van der Waals surface area contributed by atoms with E-state index in [4.69, 9.17) is 9.51 Å². The number of benzene rings is 2. The van der Waals surface area contributed by atoms with Crippen molar-refractivity contribution in [3.05, 3.63) is 83.4 Å². The highest BCUT2D eigenvalue weighted by Crippen LogP contribution is 2.69. The van der Waals surface area contributed by atoms with Gasteiger partial charge in [-0.1, -0.05) is 118 Å². The molecule has 0 aliphatic carbocycles. The van der Waals surface area contributed by atoms with E-state index in [1.807, 2.05) is 84.3 Å². The first-order valence-corrected chi connectivity index (χ1v) is 14.3. The molecule has 4 nitrogen and oxygen atoms in total. The highest BCUT2D eigenvalue weighted by Gasteiger charge is 2.50. The molecule has 3 aromatic rings. The van der Waals surface area contributed by atoms with Crippen molar-refractivity contribution in [3.8, 4) is 5.69 Å². The van der Waals surface area contributed by atoms with Gasteiger partial charge in [0.1, 0.15) is 11.9 Å². The van der Waals surface area contributed by atoms with E-state index in [0.29, 0.717) is 11.8 Å². The second-order valence-corrected chi connectivity index (χ2v) is 16.0. The van der Waals surface area contributed by atoms with Gasteiger partial charge in [0.25, 0.3) is 0 Å². The third-order valence-electron chi connectivity index (χ3n) is 6.61. The average Bonchev–Trinajstić information content (AvgIpc) is 3.24. The lowest BCUT2D eigenvalue weighted by Gasteiger charge is -2.42. The quantitative estimate of drug-likeness (QED) is 0.308. The molecular weight excluding hydrogens is 451 g/mol. The van der Waals surface area contributed by atoms with Crippen LogP contribution in [0.3, 0.4) is 0 Å². The summed E-state index contributed by atoms with van der Waals surface area (Å²) in [7, 11) is -3.18. The van der Waals surface area contributed by atoms with Gasteiger partial charge in [-0.3, -0.25) is 4.57 Å². The van der Waals surface area contributed by atoms with Crippen molar-refractivity contribution in [3.63, 3.8) is 0 Å². The van der Waals surface area contributed by atoms with Gasteiger partial charge in [0, 0.05) is 22.7 Å². The summed E-state index contributed by atoms with van der Waals surface area (Å²) in [4.78, 5) is 4.84. The Morgan fingerprint density at radius 2 is 1.31 bits per heavy atom. The predicted octanol–water partition coefficient (Wildman–Crippen LogP) is 9.10. The van der Waals surface area contributed by atoms with Crippen LogP contribution in [0.2, 0.25) is 0 Å². The summed E-state index contributed by atoms with van der Waals surface area (Å²) in [6.07, 6.45) is 3.27. The van der Waals surface area contributed by atoms with Gasteiger partial charge in [0.15, 0.2) is 0 Å². The smallest absolute Gasteiger partial charge is 0.214 e. The average molecular weight is 495 g/mol. The van der Waals surface area contributed by atoms with E-state index in [9.17, 15) is 4.57 Å². The van der Waals surface area contributed by atoms with Crippen LogP contribution in [0.5, 0.6) is 0 Å². The minimum absolute atomic E-state index is 0.338. The zero-order valence-corrected chi connectivity index (χ0v) is 24.1. The van der Waals surface area contributed by atoms with Crippen molar-refractivity contribution < 1.29 is 9.09 Å². The number of rotatable bonds is 7. The van der Waals surface area contributed by atoms with Crippen molar-refractivity contribution in [2.75, 3.05) is 0 Å². The molecule has 0 spiro atoms. The van der Waals surface area contributed by atoms with Gasteiger partial charge in [-0.05, 0) is 28.5 Å². The summed E-state index contributed by atoms with van der Waals surface area (Å²) >= 11 is 0. The fourth-order valence-electron chi connectivity index (χ4n) is 4.84. The summed E-state index contributed by atoms with van der Waals surface area (Å²) in [6, 6.07) is 16.6. The van der Waals surface area contributed by atoms with Gasteiger partial charge in [-0.15, -0.1) is 0 Å². The maximum atomic E-state index is 14.7. The van der Waals surface area contributed by atoms with Crippen LogP contribution in [0.25, 0.3) is 5.69 Å². The van der Waals surface area contributed by atoms with Crippen LogP contribution in [0.1, 0.15) is 110 Å². The van der Waals surface area contributed by atoms with E-state index in [2.05, 4.69) is 50.5 Å². The number of aromatic nitrogens is 2. The first-order valence-electron chi connectivity index (χ1n) is 12.7. The third kappa shape index (κ3) is 5.34. The molecule has 3 rings (SSSR count). The summed E-state index contributed by atoms with van der Waals surface area (Å²) < 4.78 is 23.7. The van der Waals surface area contributed by atoms with Crippen LogP contribution in [0.15, 0.2) is 60.9 Å². The van der Waals surface area contributed by atoms with Gasteiger partial charge in [-0.25, -0.2) is 4.98 Å². The largest absolute Gasteiger partial charge is 0.311 e. The Labute approximate surface area is 212 Å². The van der Waals surface area contributed by atoms with Gasteiger partial charge in [0.05, 0.1) is 5.69 Å². The zero-order valence-electron chi connectivity index (χ0n) is 23.2. The SMILES string of the molecule is CC(C)c1cccc(C(C)C)c1-n1ccnc1C(OP(=O)(C(C)(C)C)C(C)(C)C)c1ccccc1. The Morgan fingerprint density at radius 1 is 0.800 bits per heavy atom. The molecule has 1 heterocycles. The zero-order chi connectivity index (χ0) is 26.2. The van der Waals surface area contributed by atoms with Crippen LogP contribution >= 0.6 is 7.37 Å². The first-order chi connectivity index (χ1) is 16.2. The van der Waals surface area contributed by atoms with Crippen molar-refractivity contribution in [1.82, 2.24) is 9.55 Å². The molecule has 1 aromatic heterocycles. The van der Waals surface area contributed by atoms with E-state index >= 15 is 0 Å². The van der Waals surface area contributed by atoms with Crippen molar-refractivity contribution in [1.29, 1.82) is 0 Å². The molecule has 0 amide bonds. The van der Waals surface area contributed by atoms with Crippen LogP contribution in [0, 0.1) is 0 Å². The Bertz CT molecular complexity index is 1140. The van der Waals surface area contributed by atoms with Crippen LogP contribution in [-0.2, 0) is 9.09 Å². The molecule has 0 N–H and O–H groups in total. The molecule has 2 aromatic carbocycles. The van der Waals surface area contributed by atoms with Gasteiger partial charge < -0.3 is 9.09 Å². The lowest BCUT2D eigenvalue weighted by Crippen LogP contribution is -2.31. The lowest BCUT2D eigenvalue weighted by atomic mass is 9.92.